The van der Waals surface area contributed by atoms with Gasteiger partial charge in [0, 0.05) is 30.4 Å². The van der Waals surface area contributed by atoms with Crippen LogP contribution < -0.4 is 9.47 Å². The second-order valence-electron chi connectivity index (χ2n) is 4.89. The van der Waals surface area contributed by atoms with E-state index in [-0.39, 0.29) is 18.1 Å². The minimum absolute atomic E-state index is 0.0235. The van der Waals surface area contributed by atoms with Gasteiger partial charge in [-0.3, -0.25) is 9.59 Å². The Hall–Kier alpha value is -1.56. The summed E-state index contributed by atoms with van der Waals surface area (Å²) in [6.07, 6.45) is 1.19. The lowest BCUT2D eigenvalue weighted by Gasteiger charge is -2.26. The molecule has 0 aliphatic carbocycles. The highest BCUT2D eigenvalue weighted by molar-refractivity contribution is 9.10. The molecule has 0 radical (unpaired) electrons. The Morgan fingerprint density at radius 1 is 1.19 bits per heavy atom. The monoisotopic (exact) mass is 355 g/mol. The standard InChI is InChI=1S/C15H18BrNO4/c1-20-13-7-10(12(16)9-14(13)21-2)8-15(19)17-5-3-11(18)4-6-17/h7,9H,3-6,8H2,1-2H3. The van der Waals surface area contributed by atoms with Crippen LogP contribution in [0.5, 0.6) is 11.5 Å². The number of hydrogen-bond acceptors (Lipinski definition) is 4. The predicted octanol–water partition coefficient (Wildman–Crippen LogP) is 2.20. The van der Waals surface area contributed by atoms with E-state index in [1.54, 1.807) is 31.3 Å². The number of methoxy groups -OCH3 is 2. The highest BCUT2D eigenvalue weighted by atomic mass is 79.9. The maximum Gasteiger partial charge on any atom is 0.227 e. The molecule has 114 valence electrons. The molecule has 1 aliphatic rings. The van der Waals surface area contributed by atoms with E-state index in [1.807, 2.05) is 0 Å². The lowest BCUT2D eigenvalue weighted by Crippen LogP contribution is -2.39. The highest BCUT2D eigenvalue weighted by Gasteiger charge is 2.22. The Balaban J connectivity index is 2.11. The first-order chi connectivity index (χ1) is 10.0. The number of benzene rings is 1. The fourth-order valence-corrected chi connectivity index (χ4v) is 2.77. The van der Waals surface area contributed by atoms with Crippen molar-refractivity contribution in [2.45, 2.75) is 19.3 Å². The van der Waals surface area contributed by atoms with Gasteiger partial charge in [-0.15, -0.1) is 0 Å². The molecule has 1 aromatic rings. The third-order valence-corrected chi connectivity index (χ3v) is 4.31. The smallest absolute Gasteiger partial charge is 0.227 e. The summed E-state index contributed by atoms with van der Waals surface area (Å²) in [7, 11) is 3.13. The molecule has 0 spiro atoms. The molecule has 0 aromatic heterocycles. The van der Waals surface area contributed by atoms with E-state index in [9.17, 15) is 9.59 Å². The van der Waals surface area contributed by atoms with Crippen LogP contribution in [0.3, 0.4) is 0 Å². The number of ketones is 1. The van der Waals surface area contributed by atoms with Gasteiger partial charge in [0.25, 0.3) is 0 Å². The van der Waals surface area contributed by atoms with Crippen LogP contribution in [0.1, 0.15) is 18.4 Å². The molecular formula is C15H18BrNO4. The predicted molar refractivity (Wildman–Crippen MR) is 81.8 cm³/mol. The number of Topliss-reactive ketones (excluding diaryl/α,β-unsaturated/α-hetero) is 1. The number of likely N-dealkylation sites (tertiary alicyclic amines) is 1. The van der Waals surface area contributed by atoms with Gasteiger partial charge in [-0.1, -0.05) is 15.9 Å². The maximum absolute atomic E-state index is 12.3. The Labute approximate surface area is 132 Å². The van der Waals surface area contributed by atoms with Crippen molar-refractivity contribution in [2.24, 2.45) is 0 Å². The number of halogens is 1. The minimum atomic E-state index is 0.0235. The van der Waals surface area contributed by atoms with Gasteiger partial charge in [0.1, 0.15) is 5.78 Å². The first-order valence-corrected chi connectivity index (χ1v) is 7.54. The van der Waals surface area contributed by atoms with Crippen LogP contribution >= 0.6 is 15.9 Å². The zero-order chi connectivity index (χ0) is 15.4. The van der Waals surface area contributed by atoms with Crippen LogP contribution in [0.25, 0.3) is 0 Å². The van der Waals surface area contributed by atoms with Crippen molar-refractivity contribution in [1.29, 1.82) is 0 Å². The Bertz CT molecular complexity index is 549. The molecule has 0 N–H and O–H groups in total. The van der Waals surface area contributed by atoms with Gasteiger partial charge >= 0.3 is 0 Å². The van der Waals surface area contributed by atoms with Crippen molar-refractivity contribution in [1.82, 2.24) is 4.90 Å². The van der Waals surface area contributed by atoms with Crippen LogP contribution in [0, 0.1) is 0 Å². The molecule has 1 aromatic carbocycles. The molecule has 0 saturated carbocycles. The van der Waals surface area contributed by atoms with Gasteiger partial charge in [0.15, 0.2) is 11.5 Å². The Morgan fingerprint density at radius 3 is 2.33 bits per heavy atom. The molecule has 5 nitrogen and oxygen atoms in total. The van der Waals surface area contributed by atoms with Crippen molar-refractivity contribution in [3.05, 3.63) is 22.2 Å². The summed E-state index contributed by atoms with van der Waals surface area (Å²) >= 11 is 3.45. The zero-order valence-corrected chi connectivity index (χ0v) is 13.7. The molecule has 2 rings (SSSR count). The largest absolute Gasteiger partial charge is 0.493 e. The van der Waals surface area contributed by atoms with Crippen LogP contribution in [0.2, 0.25) is 0 Å². The third-order valence-electron chi connectivity index (χ3n) is 3.57. The van der Waals surface area contributed by atoms with E-state index < -0.39 is 0 Å². The number of amides is 1. The zero-order valence-electron chi connectivity index (χ0n) is 12.1. The van der Waals surface area contributed by atoms with Crippen molar-refractivity contribution in [2.75, 3.05) is 27.3 Å². The average molecular weight is 356 g/mol. The summed E-state index contributed by atoms with van der Waals surface area (Å²) in [6, 6.07) is 3.59. The fourth-order valence-electron chi connectivity index (χ4n) is 2.31. The summed E-state index contributed by atoms with van der Waals surface area (Å²) in [5, 5.41) is 0. The molecular weight excluding hydrogens is 338 g/mol. The maximum atomic E-state index is 12.3. The van der Waals surface area contributed by atoms with Crippen LogP contribution in [0.4, 0.5) is 0 Å². The molecule has 6 heteroatoms. The fraction of sp³-hybridized carbons (Fsp3) is 0.467. The number of piperidine rings is 1. The van der Waals surface area contributed by atoms with Crippen molar-refractivity contribution in [3.63, 3.8) is 0 Å². The summed E-state index contributed by atoms with van der Waals surface area (Å²) in [4.78, 5) is 25.3. The first kappa shape index (κ1) is 15.8. The molecule has 0 bridgehead atoms. The van der Waals surface area contributed by atoms with Crippen molar-refractivity contribution >= 4 is 27.6 Å². The average Bonchev–Trinajstić information content (AvgIpc) is 2.49. The van der Waals surface area contributed by atoms with E-state index >= 15 is 0 Å². The number of nitrogens with zero attached hydrogens (tertiary/aromatic N) is 1. The first-order valence-electron chi connectivity index (χ1n) is 6.75. The topological polar surface area (TPSA) is 55.8 Å². The van der Waals surface area contributed by atoms with Crippen LogP contribution in [-0.4, -0.2) is 43.9 Å². The van der Waals surface area contributed by atoms with E-state index in [0.29, 0.717) is 37.4 Å². The van der Waals surface area contributed by atoms with Crippen molar-refractivity contribution in [3.8, 4) is 11.5 Å². The third kappa shape index (κ3) is 3.75. The number of hydrogen-bond donors (Lipinski definition) is 0. The van der Waals surface area contributed by atoms with Gasteiger partial charge < -0.3 is 14.4 Å². The van der Waals surface area contributed by atoms with E-state index in [4.69, 9.17) is 9.47 Å². The highest BCUT2D eigenvalue weighted by Crippen LogP contribution is 2.33. The van der Waals surface area contributed by atoms with Crippen molar-refractivity contribution < 1.29 is 19.1 Å². The summed E-state index contributed by atoms with van der Waals surface area (Å²) < 4.78 is 11.3. The number of carbonyl (C=O) groups excluding carboxylic acids is 2. The van der Waals surface area contributed by atoms with E-state index in [2.05, 4.69) is 15.9 Å². The number of rotatable bonds is 4. The molecule has 1 fully saturated rings. The van der Waals surface area contributed by atoms with Gasteiger partial charge in [-0.05, 0) is 17.7 Å². The second-order valence-corrected chi connectivity index (χ2v) is 5.75. The number of carbonyl (C=O) groups is 2. The molecule has 1 saturated heterocycles. The molecule has 1 aliphatic heterocycles. The van der Waals surface area contributed by atoms with Gasteiger partial charge in [0.2, 0.25) is 5.91 Å². The van der Waals surface area contributed by atoms with E-state index in [1.165, 1.54) is 0 Å². The van der Waals surface area contributed by atoms with Gasteiger partial charge in [-0.2, -0.15) is 0 Å². The molecule has 1 amide bonds. The van der Waals surface area contributed by atoms with Gasteiger partial charge in [-0.25, -0.2) is 0 Å². The van der Waals surface area contributed by atoms with Crippen LogP contribution in [-0.2, 0) is 16.0 Å². The molecule has 1 heterocycles. The normalized spacial score (nSPS) is 15.0. The minimum Gasteiger partial charge on any atom is -0.493 e. The van der Waals surface area contributed by atoms with E-state index in [0.717, 1.165) is 10.0 Å². The lowest BCUT2D eigenvalue weighted by atomic mass is 10.1. The van der Waals surface area contributed by atoms with Gasteiger partial charge in [0.05, 0.1) is 20.6 Å². The van der Waals surface area contributed by atoms with Crippen LogP contribution in [0.15, 0.2) is 16.6 Å². The Kier molecular flexibility index (Phi) is 5.22. The lowest BCUT2D eigenvalue weighted by molar-refractivity contribution is -0.133. The molecule has 0 atom stereocenters. The SMILES string of the molecule is COc1cc(Br)c(CC(=O)N2CCC(=O)CC2)cc1OC. The quantitative estimate of drug-likeness (QED) is 0.830. The second kappa shape index (κ2) is 6.93. The summed E-state index contributed by atoms with van der Waals surface area (Å²) in [5.41, 5.74) is 0.842. The summed E-state index contributed by atoms with van der Waals surface area (Å²) in [5.74, 6) is 1.46. The number of ether oxygens (including phenoxy) is 2. The molecule has 0 unspecified atom stereocenters. The summed E-state index contributed by atoms with van der Waals surface area (Å²) in [6.45, 7) is 1.03. The molecule has 21 heavy (non-hydrogen) atoms. The Morgan fingerprint density at radius 2 is 1.76 bits per heavy atom.